The van der Waals surface area contributed by atoms with Crippen LogP contribution in [0.2, 0.25) is 10.0 Å². The van der Waals surface area contributed by atoms with Crippen molar-refractivity contribution >= 4 is 94.1 Å². The van der Waals surface area contributed by atoms with Gasteiger partial charge in [0.05, 0.1) is 26.1 Å². The van der Waals surface area contributed by atoms with E-state index in [1.54, 1.807) is 107 Å². The molecule has 0 bridgehead atoms. The van der Waals surface area contributed by atoms with Crippen LogP contribution in [0.3, 0.4) is 0 Å². The molecule has 5 rings (SSSR count). The molecule has 9 atom stereocenters. The first kappa shape index (κ1) is 73.6. The van der Waals surface area contributed by atoms with Gasteiger partial charge in [0, 0.05) is 91.7 Å². The Balaban J connectivity index is 1.58. The van der Waals surface area contributed by atoms with E-state index in [9.17, 15) is 52.7 Å². The number of rotatable bonds is 10. The van der Waals surface area contributed by atoms with Crippen LogP contribution in [0.5, 0.6) is 0 Å². The van der Waals surface area contributed by atoms with E-state index in [2.05, 4.69) is 21.3 Å². The van der Waals surface area contributed by atoms with Crippen LogP contribution in [-0.4, -0.2) is 240 Å². The van der Waals surface area contributed by atoms with Gasteiger partial charge in [0.15, 0.2) is 0 Å². The van der Waals surface area contributed by atoms with Crippen LogP contribution in [0.25, 0.3) is 0 Å². The summed E-state index contributed by atoms with van der Waals surface area (Å²) in [7, 11) is 9.57. The minimum absolute atomic E-state index is 0.0497. The highest BCUT2D eigenvalue weighted by Crippen LogP contribution is 2.22. The van der Waals surface area contributed by atoms with Crippen molar-refractivity contribution in [3.63, 3.8) is 0 Å². The number of carbonyl (C=O) groups is 12. The maximum absolute atomic E-state index is 15.2. The SMILES string of the molecule is CC[C@H](C)[C@@H]1NC(=O)[C@H](C)N(C)C(=O)C[C@@H](C(=O)N2CCCC2)NC(=O)[C@H](C(C)C)N(C)C(=O)[C@H](Cc2ccccc2)N(C)C(=O)[C@H](C)NC(=O)[C@H](Cc2cccc(Cl)c2)NC(=O)CN(C)C(=O)[C@H](Cc2ccc(Cl)cc2)N(C)C(=O)CN(C)C(=O)CN(C)C1=O. The Kier molecular flexibility index (Phi) is 27.3. The zero-order valence-corrected chi connectivity index (χ0v) is 56.0. The number of amides is 12. The second kappa shape index (κ2) is 33.8. The van der Waals surface area contributed by atoms with E-state index in [0.717, 1.165) is 24.5 Å². The van der Waals surface area contributed by atoms with Crippen LogP contribution in [-0.2, 0) is 76.8 Å². The molecule has 0 aliphatic carbocycles. The lowest BCUT2D eigenvalue weighted by atomic mass is 9.97. The molecule has 91 heavy (non-hydrogen) atoms. The number of nitrogens with one attached hydrogen (secondary N) is 4. The normalized spacial score (nSPS) is 24.3. The molecule has 0 spiro atoms. The summed E-state index contributed by atoms with van der Waals surface area (Å²) in [6.07, 6.45) is 0.918. The van der Waals surface area contributed by atoms with E-state index < -0.39 is 157 Å². The highest BCUT2D eigenvalue weighted by atomic mass is 35.5. The molecule has 2 aliphatic rings. The van der Waals surface area contributed by atoms with E-state index in [-0.39, 0.29) is 19.3 Å². The lowest BCUT2D eigenvalue weighted by Gasteiger charge is -2.37. The summed E-state index contributed by atoms with van der Waals surface area (Å²) in [5.74, 6) is -9.61. The van der Waals surface area contributed by atoms with Gasteiger partial charge in [0.25, 0.3) is 0 Å². The molecule has 3 aromatic rings. The third-order valence-electron chi connectivity index (χ3n) is 17.1. The number of hydrogen-bond donors (Lipinski definition) is 4. The zero-order valence-electron chi connectivity index (χ0n) is 54.5. The molecule has 3 aromatic carbocycles. The van der Waals surface area contributed by atoms with Crippen molar-refractivity contribution < 1.29 is 57.5 Å². The number of carbonyl (C=O) groups excluding carboxylic acids is 12. The number of likely N-dealkylation sites (tertiary alicyclic amines) is 1. The van der Waals surface area contributed by atoms with Crippen molar-refractivity contribution in [1.82, 2.24) is 60.5 Å². The second-order valence-electron chi connectivity index (χ2n) is 24.3. The van der Waals surface area contributed by atoms with Gasteiger partial charge in [-0.25, -0.2) is 0 Å². The highest BCUT2D eigenvalue weighted by molar-refractivity contribution is 6.30. The molecule has 0 radical (unpaired) electrons. The molecule has 0 aromatic heterocycles. The Bertz CT molecular complexity index is 3110. The fourth-order valence-electron chi connectivity index (χ4n) is 11.0. The molecular weight excluding hydrogens is 1210 g/mol. The Labute approximate surface area is 544 Å². The summed E-state index contributed by atoms with van der Waals surface area (Å²) in [6, 6.07) is 11.5. The molecule has 4 N–H and O–H groups in total. The number of nitrogens with zero attached hydrogens (tertiary/aromatic N) is 8. The minimum Gasteiger partial charge on any atom is -0.343 e. The van der Waals surface area contributed by atoms with Crippen LogP contribution in [0.1, 0.15) is 83.9 Å². The molecule has 12 amide bonds. The topological polar surface area (TPSA) is 279 Å². The first-order valence-electron chi connectivity index (χ1n) is 30.7. The maximum atomic E-state index is 15.2. The molecule has 496 valence electrons. The van der Waals surface area contributed by atoms with Crippen molar-refractivity contribution in [3.8, 4) is 0 Å². The maximum Gasteiger partial charge on any atom is 0.246 e. The number of benzene rings is 3. The molecule has 0 unspecified atom stereocenters. The summed E-state index contributed by atoms with van der Waals surface area (Å²) < 4.78 is 0. The number of halogens is 2. The fourth-order valence-corrected chi connectivity index (χ4v) is 11.3. The van der Waals surface area contributed by atoms with Crippen molar-refractivity contribution in [2.45, 2.75) is 135 Å². The molecule has 2 aliphatic heterocycles. The summed E-state index contributed by atoms with van der Waals surface area (Å²) in [5, 5.41) is 11.7. The molecule has 0 saturated carbocycles. The van der Waals surface area contributed by atoms with Gasteiger partial charge < -0.3 is 60.5 Å². The zero-order chi connectivity index (χ0) is 67.7. The summed E-state index contributed by atoms with van der Waals surface area (Å²) in [5.41, 5.74) is 1.76. The lowest BCUT2D eigenvalue weighted by Crippen LogP contribution is -2.61. The van der Waals surface area contributed by atoms with E-state index >= 15 is 4.79 Å². The monoisotopic (exact) mass is 1300 g/mol. The third-order valence-corrected chi connectivity index (χ3v) is 17.6. The van der Waals surface area contributed by atoms with Crippen molar-refractivity contribution in [2.24, 2.45) is 11.8 Å². The van der Waals surface area contributed by atoms with Crippen LogP contribution in [0, 0.1) is 11.8 Å². The summed E-state index contributed by atoms with van der Waals surface area (Å²) in [6.45, 7) is 8.78. The van der Waals surface area contributed by atoms with Crippen LogP contribution < -0.4 is 21.3 Å². The van der Waals surface area contributed by atoms with Gasteiger partial charge in [-0.3, -0.25) is 57.5 Å². The molecule has 2 fully saturated rings. The average molecular weight is 1300 g/mol. The summed E-state index contributed by atoms with van der Waals surface area (Å²) in [4.78, 5) is 183. The van der Waals surface area contributed by atoms with Gasteiger partial charge in [-0.15, -0.1) is 0 Å². The average Bonchev–Trinajstić information content (AvgIpc) is 1.53. The van der Waals surface area contributed by atoms with E-state index in [1.165, 1.54) is 77.9 Å². The molecule has 2 saturated heterocycles. The lowest BCUT2D eigenvalue weighted by molar-refractivity contribution is -0.150. The smallest absolute Gasteiger partial charge is 0.246 e. The van der Waals surface area contributed by atoms with E-state index in [4.69, 9.17) is 23.2 Å². The first-order chi connectivity index (χ1) is 42.8. The fraction of sp³-hybridized carbons (Fsp3) is 0.538. The summed E-state index contributed by atoms with van der Waals surface area (Å²) >= 11 is 12.6. The Morgan fingerprint density at radius 1 is 0.527 bits per heavy atom. The highest BCUT2D eigenvalue weighted by Gasteiger charge is 2.42. The quantitative estimate of drug-likeness (QED) is 0.228. The standard InChI is InChI=1S/C65H90Cl2N12O12/c1-14-40(4)56-65(91)74(9)37-54(82)72(7)38-55(83)76(11)50(34-44-25-27-46(66)28-26-44)63(89)73(8)36-52(80)69-48(32-45-23-20-24-47(67)31-45)59(85)68-41(5)61(87)77(12)51(33-43-21-16-15-17-22-43)64(90)78(13)57(39(2)3)60(86)70-49(62(88)79-29-18-19-30-79)35-53(81)75(10)42(6)58(84)71-56/h15-17,20-28,31,39-42,48-51,56-57H,14,18-19,29-30,32-38H2,1-13H3,(H,68,85)(H,69,80)(H,70,86)(H,71,84)/t40-,41-,42-,48-,49-,50-,51-,56-,57-/m0/s1. The third kappa shape index (κ3) is 20.2. The van der Waals surface area contributed by atoms with Crippen LogP contribution in [0.4, 0.5) is 0 Å². The largest absolute Gasteiger partial charge is 0.343 e. The predicted octanol–water partition coefficient (Wildman–Crippen LogP) is 2.41. The number of hydrogen-bond acceptors (Lipinski definition) is 12. The van der Waals surface area contributed by atoms with Crippen molar-refractivity contribution in [1.29, 1.82) is 0 Å². The van der Waals surface area contributed by atoms with Gasteiger partial charge in [-0.05, 0) is 79.5 Å². The van der Waals surface area contributed by atoms with Gasteiger partial charge in [0.1, 0.15) is 48.3 Å². The van der Waals surface area contributed by atoms with Crippen LogP contribution in [0.15, 0.2) is 78.9 Å². The molecule has 26 heteroatoms. The predicted molar refractivity (Wildman–Crippen MR) is 343 cm³/mol. The Morgan fingerprint density at radius 2 is 1.10 bits per heavy atom. The minimum atomic E-state index is -1.46. The van der Waals surface area contributed by atoms with E-state index in [1.807, 2.05) is 0 Å². The van der Waals surface area contributed by atoms with Gasteiger partial charge >= 0.3 is 0 Å². The number of likely N-dealkylation sites (N-methyl/N-ethyl adjacent to an activating group) is 7. The Hall–Kier alpha value is -8.12. The van der Waals surface area contributed by atoms with Crippen LogP contribution >= 0.6 is 23.2 Å². The van der Waals surface area contributed by atoms with Gasteiger partial charge in [-0.1, -0.05) is 112 Å². The first-order valence-corrected chi connectivity index (χ1v) is 31.4. The Morgan fingerprint density at radius 3 is 1.69 bits per heavy atom. The second-order valence-corrected chi connectivity index (χ2v) is 25.2. The van der Waals surface area contributed by atoms with Crippen molar-refractivity contribution in [2.75, 3.05) is 82.1 Å². The van der Waals surface area contributed by atoms with Crippen molar-refractivity contribution in [3.05, 3.63) is 106 Å². The molecular formula is C65H90Cl2N12O12. The molecule has 24 nitrogen and oxygen atoms in total. The molecule has 2 heterocycles. The van der Waals surface area contributed by atoms with Gasteiger partial charge in [-0.2, -0.15) is 0 Å². The van der Waals surface area contributed by atoms with Gasteiger partial charge in [0.2, 0.25) is 70.9 Å². The van der Waals surface area contributed by atoms with E-state index in [0.29, 0.717) is 59.1 Å².